The summed E-state index contributed by atoms with van der Waals surface area (Å²) in [7, 11) is 0. The molecule has 3 heterocycles. The van der Waals surface area contributed by atoms with Crippen LogP contribution in [0.4, 0.5) is 24.7 Å². The van der Waals surface area contributed by atoms with Crippen molar-refractivity contribution < 1.29 is 18.1 Å². The first kappa shape index (κ1) is 16.9. The predicted molar refractivity (Wildman–Crippen MR) is 81.2 cm³/mol. The molecular weight excluding hydrogens is 365 g/mol. The first-order chi connectivity index (χ1) is 11.8. The monoisotopic (exact) mass is 372 g/mol. The number of nitro groups is 1. The summed E-state index contributed by atoms with van der Waals surface area (Å²) in [5, 5.41) is 20.9. The van der Waals surface area contributed by atoms with Gasteiger partial charge in [-0.1, -0.05) is 11.6 Å². The van der Waals surface area contributed by atoms with Gasteiger partial charge in [0.15, 0.2) is 11.5 Å². The van der Waals surface area contributed by atoms with Crippen LogP contribution >= 0.6 is 11.6 Å². The Kier molecular flexibility index (Phi) is 4.17. The third-order valence-electron chi connectivity index (χ3n) is 3.25. The summed E-state index contributed by atoms with van der Waals surface area (Å²) in [6, 6.07) is 3.40. The van der Waals surface area contributed by atoms with E-state index in [0.717, 1.165) is 16.7 Å². The highest BCUT2D eigenvalue weighted by Crippen LogP contribution is 2.32. The van der Waals surface area contributed by atoms with Crippen LogP contribution in [0.3, 0.4) is 0 Å². The summed E-state index contributed by atoms with van der Waals surface area (Å²) >= 11 is 5.82. The summed E-state index contributed by atoms with van der Waals surface area (Å²) in [6.07, 6.45) is -2.44. The number of nitrogens with one attached hydrogen (secondary N) is 1. The van der Waals surface area contributed by atoms with E-state index in [2.05, 4.69) is 20.5 Å². The molecule has 3 aromatic heterocycles. The lowest BCUT2D eigenvalue weighted by Crippen LogP contribution is -2.10. The molecule has 0 saturated carbocycles. The molecule has 0 spiro atoms. The Bertz CT molecular complexity index is 959. The second-order valence-electron chi connectivity index (χ2n) is 4.87. The fourth-order valence-corrected chi connectivity index (χ4v) is 2.36. The molecule has 0 aliphatic carbocycles. The Balaban J connectivity index is 1.95. The molecule has 0 unspecified atom stereocenters. The Morgan fingerprint density at radius 3 is 2.80 bits per heavy atom. The second-order valence-corrected chi connectivity index (χ2v) is 5.27. The number of hydrogen-bond donors (Lipinski definition) is 1. The highest BCUT2D eigenvalue weighted by atomic mass is 35.5. The Labute approximate surface area is 142 Å². The van der Waals surface area contributed by atoms with Crippen molar-refractivity contribution in [1.29, 1.82) is 0 Å². The van der Waals surface area contributed by atoms with Crippen LogP contribution in [0.15, 0.2) is 30.6 Å². The second kappa shape index (κ2) is 6.16. The van der Waals surface area contributed by atoms with Gasteiger partial charge in [-0.05, 0) is 12.1 Å². The third-order valence-corrected chi connectivity index (χ3v) is 3.53. The Morgan fingerprint density at radius 2 is 2.12 bits per heavy atom. The molecule has 0 fully saturated rings. The molecule has 0 aliphatic rings. The summed E-state index contributed by atoms with van der Waals surface area (Å²) < 4.78 is 39.8. The van der Waals surface area contributed by atoms with Crippen LogP contribution in [0.1, 0.15) is 11.4 Å². The zero-order valence-corrected chi connectivity index (χ0v) is 12.9. The van der Waals surface area contributed by atoms with Crippen molar-refractivity contribution in [1.82, 2.24) is 19.6 Å². The molecule has 0 aromatic carbocycles. The maximum Gasteiger partial charge on any atom is 0.417 e. The highest BCUT2D eigenvalue weighted by molar-refractivity contribution is 6.33. The molecule has 1 N–H and O–H groups in total. The minimum atomic E-state index is -4.59. The highest BCUT2D eigenvalue weighted by Gasteiger charge is 2.32. The molecule has 12 heteroatoms. The average molecular weight is 373 g/mol. The van der Waals surface area contributed by atoms with Crippen LogP contribution < -0.4 is 5.32 Å². The van der Waals surface area contributed by atoms with Crippen molar-refractivity contribution in [2.45, 2.75) is 12.7 Å². The van der Waals surface area contributed by atoms with Crippen molar-refractivity contribution in [3.8, 4) is 0 Å². The summed E-state index contributed by atoms with van der Waals surface area (Å²) in [6.45, 7) is -0.142. The Hall–Kier alpha value is -2.95. The minimum Gasteiger partial charge on any atom is -0.357 e. The molecule has 0 aliphatic heterocycles. The van der Waals surface area contributed by atoms with E-state index in [1.165, 1.54) is 18.3 Å². The van der Waals surface area contributed by atoms with Gasteiger partial charge >= 0.3 is 11.9 Å². The lowest BCUT2D eigenvalue weighted by Gasteiger charge is -2.09. The van der Waals surface area contributed by atoms with Crippen LogP contribution in [-0.2, 0) is 12.7 Å². The quantitative estimate of drug-likeness (QED) is 0.557. The Morgan fingerprint density at radius 1 is 1.36 bits per heavy atom. The van der Waals surface area contributed by atoms with Crippen molar-refractivity contribution in [2.24, 2.45) is 0 Å². The number of nitrogens with zero attached hydrogens (tertiary/aromatic N) is 5. The van der Waals surface area contributed by atoms with E-state index < -0.39 is 16.7 Å². The van der Waals surface area contributed by atoms with E-state index >= 15 is 0 Å². The number of halogens is 4. The van der Waals surface area contributed by atoms with E-state index in [9.17, 15) is 23.3 Å². The molecule has 3 aromatic rings. The van der Waals surface area contributed by atoms with Gasteiger partial charge in [-0.25, -0.2) is 4.98 Å². The van der Waals surface area contributed by atoms with Crippen LogP contribution in [0.25, 0.3) is 5.65 Å². The molecule has 0 atom stereocenters. The zero-order valence-electron chi connectivity index (χ0n) is 12.2. The number of alkyl halides is 3. The van der Waals surface area contributed by atoms with E-state index in [4.69, 9.17) is 11.6 Å². The van der Waals surface area contributed by atoms with Gasteiger partial charge in [0.2, 0.25) is 5.82 Å². The fraction of sp³-hybridized carbons (Fsp3) is 0.154. The van der Waals surface area contributed by atoms with Crippen LogP contribution in [0.5, 0.6) is 0 Å². The SMILES string of the molecule is O=[N+]([O-])c1cccnc1NCc1nnc2c(Cl)cc(C(F)(F)F)cn12. The third kappa shape index (κ3) is 3.31. The standard InChI is InChI=1S/C13H8ClF3N6O2/c14-8-4-7(13(15,16)17)6-22-10(20-21-12(8)22)5-19-11-9(23(24)25)2-1-3-18-11/h1-4,6H,5H2,(H,18,19). The van der Waals surface area contributed by atoms with Gasteiger partial charge in [0.1, 0.15) is 0 Å². The molecule has 0 saturated heterocycles. The maximum atomic E-state index is 12.9. The minimum absolute atomic E-state index is 0.0395. The number of pyridine rings is 2. The lowest BCUT2D eigenvalue weighted by atomic mass is 10.2. The van der Waals surface area contributed by atoms with Crippen molar-refractivity contribution in [3.63, 3.8) is 0 Å². The summed E-state index contributed by atoms with van der Waals surface area (Å²) in [5.41, 5.74) is -1.19. The first-order valence-corrected chi connectivity index (χ1v) is 7.09. The molecule has 0 bridgehead atoms. The van der Waals surface area contributed by atoms with E-state index in [1.54, 1.807) is 0 Å². The molecule has 8 nitrogen and oxygen atoms in total. The molecule has 0 radical (unpaired) electrons. The van der Waals surface area contributed by atoms with E-state index in [1.807, 2.05) is 0 Å². The van der Waals surface area contributed by atoms with E-state index in [0.29, 0.717) is 0 Å². The van der Waals surface area contributed by atoms with Crippen molar-refractivity contribution in [3.05, 3.63) is 57.1 Å². The van der Waals surface area contributed by atoms with Crippen LogP contribution in [0, 0.1) is 10.1 Å². The van der Waals surface area contributed by atoms with Crippen LogP contribution in [-0.4, -0.2) is 24.5 Å². The van der Waals surface area contributed by atoms with Gasteiger partial charge in [0.25, 0.3) is 0 Å². The lowest BCUT2D eigenvalue weighted by molar-refractivity contribution is -0.384. The molecular formula is C13H8ClF3N6O2. The van der Waals surface area contributed by atoms with Gasteiger partial charge in [-0.3, -0.25) is 14.5 Å². The largest absolute Gasteiger partial charge is 0.417 e. The first-order valence-electron chi connectivity index (χ1n) is 6.71. The zero-order chi connectivity index (χ0) is 18.2. The summed E-state index contributed by atoms with van der Waals surface area (Å²) in [5.74, 6) is 0.0465. The predicted octanol–water partition coefficient (Wildman–Crippen LogP) is 3.32. The number of rotatable bonds is 4. The van der Waals surface area contributed by atoms with Gasteiger partial charge in [-0.2, -0.15) is 13.2 Å². The maximum absolute atomic E-state index is 12.9. The van der Waals surface area contributed by atoms with Gasteiger partial charge in [0.05, 0.1) is 22.1 Å². The number of aromatic nitrogens is 4. The van der Waals surface area contributed by atoms with Gasteiger partial charge < -0.3 is 5.32 Å². The fourth-order valence-electron chi connectivity index (χ4n) is 2.12. The van der Waals surface area contributed by atoms with Crippen molar-refractivity contribution >= 4 is 28.8 Å². The average Bonchev–Trinajstić information content (AvgIpc) is 2.96. The molecule has 0 amide bonds. The molecule has 25 heavy (non-hydrogen) atoms. The van der Waals surface area contributed by atoms with Gasteiger partial charge in [-0.15, -0.1) is 10.2 Å². The normalized spacial score (nSPS) is 11.7. The number of anilines is 1. The van der Waals surface area contributed by atoms with E-state index in [-0.39, 0.29) is 34.5 Å². The topological polar surface area (TPSA) is 98.2 Å². The number of hydrogen-bond acceptors (Lipinski definition) is 6. The summed E-state index contributed by atoms with van der Waals surface area (Å²) in [4.78, 5) is 14.2. The van der Waals surface area contributed by atoms with Crippen molar-refractivity contribution in [2.75, 3.05) is 5.32 Å². The van der Waals surface area contributed by atoms with Crippen LogP contribution in [0.2, 0.25) is 5.02 Å². The smallest absolute Gasteiger partial charge is 0.357 e. The van der Waals surface area contributed by atoms with Gasteiger partial charge in [0, 0.05) is 18.5 Å². The molecule has 3 rings (SSSR count). The molecule has 130 valence electrons. The number of fused-ring (bicyclic) bond motifs is 1.